The number of hydrogen-bond acceptors (Lipinski definition) is 3. The smallest absolute Gasteiger partial charge is 0.326 e. The van der Waals surface area contributed by atoms with Crippen LogP contribution in [0.4, 0.5) is 0 Å². The molecule has 0 saturated heterocycles. The van der Waals surface area contributed by atoms with E-state index < -0.39 is 12.0 Å². The van der Waals surface area contributed by atoms with Crippen LogP contribution in [0.1, 0.15) is 43.9 Å². The van der Waals surface area contributed by atoms with Gasteiger partial charge in [-0.2, -0.15) is 0 Å². The first-order valence-electron chi connectivity index (χ1n) is 6.68. The number of thiophene rings is 1. The second-order valence-electron chi connectivity index (χ2n) is 4.53. The first-order chi connectivity index (χ1) is 9.13. The van der Waals surface area contributed by atoms with Gasteiger partial charge in [-0.3, -0.25) is 4.79 Å². The summed E-state index contributed by atoms with van der Waals surface area (Å²) >= 11 is 1.68. The molecule has 5 heteroatoms. The minimum absolute atomic E-state index is 0.167. The summed E-state index contributed by atoms with van der Waals surface area (Å²) in [7, 11) is 0. The van der Waals surface area contributed by atoms with Gasteiger partial charge in [-0.05, 0) is 30.7 Å². The predicted molar refractivity (Wildman–Crippen MR) is 76.3 cm³/mol. The van der Waals surface area contributed by atoms with Gasteiger partial charge in [-0.25, -0.2) is 4.79 Å². The zero-order valence-corrected chi connectivity index (χ0v) is 12.0. The second kappa shape index (κ2) is 8.69. The van der Waals surface area contributed by atoms with E-state index in [-0.39, 0.29) is 5.91 Å². The molecule has 0 aliphatic rings. The van der Waals surface area contributed by atoms with Crippen LogP contribution in [0.3, 0.4) is 0 Å². The van der Waals surface area contributed by atoms with Crippen LogP contribution in [-0.4, -0.2) is 23.0 Å². The molecule has 1 aromatic heterocycles. The van der Waals surface area contributed by atoms with E-state index in [1.807, 2.05) is 24.4 Å². The standard InChI is InChI=1S/C14H21NO3S/c1-2-3-8-12(14(17)18)15-13(16)9-4-6-11-7-5-10-19-11/h5,7,10,12H,2-4,6,8-9H2,1H3,(H,15,16)(H,17,18). The number of amides is 1. The van der Waals surface area contributed by atoms with E-state index in [9.17, 15) is 9.59 Å². The molecule has 1 rings (SSSR count). The molecule has 0 spiro atoms. The van der Waals surface area contributed by atoms with Crippen molar-refractivity contribution in [3.63, 3.8) is 0 Å². The van der Waals surface area contributed by atoms with Gasteiger partial charge >= 0.3 is 5.97 Å². The Morgan fingerprint density at radius 1 is 1.42 bits per heavy atom. The van der Waals surface area contributed by atoms with E-state index >= 15 is 0 Å². The van der Waals surface area contributed by atoms with Crippen molar-refractivity contribution >= 4 is 23.2 Å². The van der Waals surface area contributed by atoms with Crippen molar-refractivity contribution in [2.45, 2.75) is 51.5 Å². The molecule has 19 heavy (non-hydrogen) atoms. The highest BCUT2D eigenvalue weighted by molar-refractivity contribution is 7.09. The molecule has 0 bridgehead atoms. The number of aryl methyl sites for hydroxylation is 1. The first kappa shape index (κ1) is 15.7. The number of carbonyl (C=O) groups is 2. The number of unbranched alkanes of at least 4 members (excludes halogenated alkanes) is 1. The Bertz CT molecular complexity index is 389. The molecule has 4 nitrogen and oxygen atoms in total. The van der Waals surface area contributed by atoms with Crippen LogP contribution in [0.5, 0.6) is 0 Å². The molecule has 0 aromatic carbocycles. The third kappa shape index (κ3) is 6.38. The maximum Gasteiger partial charge on any atom is 0.326 e. The van der Waals surface area contributed by atoms with Crippen LogP contribution >= 0.6 is 11.3 Å². The zero-order chi connectivity index (χ0) is 14.1. The Kier molecular flexibility index (Phi) is 7.18. The summed E-state index contributed by atoms with van der Waals surface area (Å²) in [6.45, 7) is 2.00. The van der Waals surface area contributed by atoms with Crippen LogP contribution in [-0.2, 0) is 16.0 Å². The predicted octanol–water partition coefficient (Wildman–Crippen LogP) is 2.83. The van der Waals surface area contributed by atoms with Crippen LogP contribution in [0.25, 0.3) is 0 Å². The van der Waals surface area contributed by atoms with Gasteiger partial charge in [0.2, 0.25) is 5.91 Å². The summed E-state index contributed by atoms with van der Waals surface area (Å²) in [5.41, 5.74) is 0. The molecular formula is C14H21NO3S. The molecule has 1 heterocycles. The van der Waals surface area contributed by atoms with Crippen molar-refractivity contribution in [1.82, 2.24) is 5.32 Å². The van der Waals surface area contributed by atoms with Gasteiger partial charge < -0.3 is 10.4 Å². The number of aliphatic carboxylic acids is 1. The number of carboxylic acid groups (broad SMARTS) is 1. The molecule has 1 unspecified atom stereocenters. The number of carbonyl (C=O) groups excluding carboxylic acids is 1. The lowest BCUT2D eigenvalue weighted by atomic mass is 10.1. The summed E-state index contributed by atoms with van der Waals surface area (Å²) in [6, 6.07) is 3.30. The Morgan fingerprint density at radius 3 is 2.79 bits per heavy atom. The minimum Gasteiger partial charge on any atom is -0.480 e. The lowest BCUT2D eigenvalue weighted by molar-refractivity contribution is -0.142. The van der Waals surface area contributed by atoms with E-state index in [0.717, 1.165) is 25.7 Å². The largest absolute Gasteiger partial charge is 0.480 e. The van der Waals surface area contributed by atoms with Crippen LogP contribution in [0.2, 0.25) is 0 Å². The van der Waals surface area contributed by atoms with Gasteiger partial charge in [-0.1, -0.05) is 25.8 Å². The molecule has 1 aromatic rings. The average Bonchev–Trinajstić information content (AvgIpc) is 2.87. The lowest BCUT2D eigenvalue weighted by Gasteiger charge is -2.13. The first-order valence-corrected chi connectivity index (χ1v) is 7.56. The molecule has 1 atom stereocenters. The minimum atomic E-state index is -0.944. The molecule has 1 amide bonds. The Balaban J connectivity index is 2.25. The Hall–Kier alpha value is -1.36. The number of rotatable bonds is 9. The van der Waals surface area contributed by atoms with Crippen LogP contribution < -0.4 is 5.32 Å². The van der Waals surface area contributed by atoms with Gasteiger partial charge in [-0.15, -0.1) is 11.3 Å². The maximum atomic E-state index is 11.7. The monoisotopic (exact) mass is 283 g/mol. The van der Waals surface area contributed by atoms with Crippen molar-refractivity contribution < 1.29 is 14.7 Å². The molecule has 0 radical (unpaired) electrons. The summed E-state index contributed by atoms with van der Waals surface area (Å²) in [5, 5.41) is 13.6. The number of carboxylic acids is 1. The highest BCUT2D eigenvalue weighted by Crippen LogP contribution is 2.12. The summed E-state index contributed by atoms with van der Waals surface area (Å²) in [4.78, 5) is 23.9. The summed E-state index contributed by atoms with van der Waals surface area (Å²) in [5.74, 6) is -1.11. The van der Waals surface area contributed by atoms with E-state index in [0.29, 0.717) is 12.8 Å². The van der Waals surface area contributed by atoms with Crippen LogP contribution in [0, 0.1) is 0 Å². The van der Waals surface area contributed by atoms with Gasteiger partial charge in [0, 0.05) is 11.3 Å². The number of hydrogen-bond donors (Lipinski definition) is 2. The van der Waals surface area contributed by atoms with E-state index in [4.69, 9.17) is 5.11 Å². The van der Waals surface area contributed by atoms with Gasteiger partial charge in [0.05, 0.1) is 0 Å². The Labute approximate surface area is 117 Å². The highest BCUT2D eigenvalue weighted by Gasteiger charge is 2.18. The Morgan fingerprint density at radius 2 is 2.21 bits per heavy atom. The quantitative estimate of drug-likeness (QED) is 0.732. The van der Waals surface area contributed by atoms with Crippen LogP contribution in [0.15, 0.2) is 17.5 Å². The maximum absolute atomic E-state index is 11.7. The molecule has 0 saturated carbocycles. The second-order valence-corrected chi connectivity index (χ2v) is 5.57. The third-order valence-corrected chi connectivity index (χ3v) is 3.82. The fourth-order valence-corrected chi connectivity index (χ4v) is 2.56. The lowest BCUT2D eigenvalue weighted by Crippen LogP contribution is -2.40. The van der Waals surface area contributed by atoms with Gasteiger partial charge in [0.15, 0.2) is 0 Å². The normalized spacial score (nSPS) is 12.1. The highest BCUT2D eigenvalue weighted by atomic mass is 32.1. The summed E-state index contributed by atoms with van der Waals surface area (Å²) in [6.07, 6.45) is 4.25. The van der Waals surface area contributed by atoms with E-state index in [2.05, 4.69) is 5.32 Å². The van der Waals surface area contributed by atoms with E-state index in [1.54, 1.807) is 11.3 Å². The molecular weight excluding hydrogens is 262 g/mol. The average molecular weight is 283 g/mol. The molecule has 0 aliphatic heterocycles. The van der Waals surface area contributed by atoms with Gasteiger partial charge in [0.25, 0.3) is 0 Å². The van der Waals surface area contributed by atoms with Crippen molar-refractivity contribution in [2.75, 3.05) is 0 Å². The molecule has 2 N–H and O–H groups in total. The topological polar surface area (TPSA) is 66.4 Å². The molecule has 0 aliphatic carbocycles. The van der Waals surface area contributed by atoms with Gasteiger partial charge in [0.1, 0.15) is 6.04 Å². The van der Waals surface area contributed by atoms with Crippen molar-refractivity contribution in [1.29, 1.82) is 0 Å². The third-order valence-electron chi connectivity index (χ3n) is 2.89. The summed E-state index contributed by atoms with van der Waals surface area (Å²) < 4.78 is 0. The molecule has 0 fully saturated rings. The SMILES string of the molecule is CCCCC(NC(=O)CCCc1cccs1)C(=O)O. The number of nitrogens with one attached hydrogen (secondary N) is 1. The van der Waals surface area contributed by atoms with E-state index in [1.165, 1.54) is 4.88 Å². The van der Waals surface area contributed by atoms with Crippen molar-refractivity contribution in [3.8, 4) is 0 Å². The fourth-order valence-electron chi connectivity index (χ4n) is 1.81. The zero-order valence-electron chi connectivity index (χ0n) is 11.2. The van der Waals surface area contributed by atoms with Crippen molar-refractivity contribution in [2.24, 2.45) is 0 Å². The van der Waals surface area contributed by atoms with Crippen molar-refractivity contribution in [3.05, 3.63) is 22.4 Å². The molecule has 106 valence electrons. The fraction of sp³-hybridized carbons (Fsp3) is 0.571.